The zero-order chi connectivity index (χ0) is 16.7. The van der Waals surface area contributed by atoms with Crippen LogP contribution < -0.4 is 4.74 Å². The Morgan fingerprint density at radius 3 is 2.35 bits per heavy atom. The molecule has 5 nitrogen and oxygen atoms in total. The van der Waals surface area contributed by atoms with Crippen molar-refractivity contribution >= 4 is 12.4 Å². The zero-order valence-corrected chi connectivity index (χ0v) is 12.4. The highest BCUT2D eigenvalue weighted by Crippen LogP contribution is 2.22. The van der Waals surface area contributed by atoms with E-state index in [1.165, 1.54) is 31.4 Å². The van der Waals surface area contributed by atoms with Gasteiger partial charge >= 0.3 is 5.97 Å². The van der Waals surface area contributed by atoms with Crippen LogP contribution in [-0.2, 0) is 25.7 Å². The van der Waals surface area contributed by atoms with Gasteiger partial charge in [0, 0.05) is 5.56 Å². The fourth-order valence-corrected chi connectivity index (χ4v) is 1.92. The molecule has 0 spiro atoms. The molecule has 120 valence electrons. The standard InChI is InChI=1S/C17H15FO5/c1-21-15-8-4-13(5-9-15)16(23-11-19)17(20)22-10-12-2-6-14(18)7-3-12/h2-9,11,16H,10H2,1H3. The Morgan fingerprint density at radius 2 is 1.78 bits per heavy atom. The van der Waals surface area contributed by atoms with E-state index in [0.29, 0.717) is 16.9 Å². The van der Waals surface area contributed by atoms with E-state index in [0.717, 1.165) is 0 Å². The number of carbonyl (C=O) groups excluding carboxylic acids is 2. The summed E-state index contributed by atoms with van der Waals surface area (Å²) in [5.41, 5.74) is 1.08. The van der Waals surface area contributed by atoms with Crippen molar-refractivity contribution in [1.29, 1.82) is 0 Å². The number of carbonyl (C=O) groups is 2. The maximum absolute atomic E-state index is 12.8. The maximum Gasteiger partial charge on any atom is 0.352 e. The SMILES string of the molecule is COc1ccc(C(OC=O)C(=O)OCc2ccc(F)cc2)cc1. The van der Waals surface area contributed by atoms with Crippen LogP contribution in [0.3, 0.4) is 0 Å². The van der Waals surface area contributed by atoms with Crippen molar-refractivity contribution in [3.63, 3.8) is 0 Å². The number of hydrogen-bond acceptors (Lipinski definition) is 5. The first kappa shape index (κ1) is 16.5. The lowest BCUT2D eigenvalue weighted by molar-refractivity contribution is -0.163. The van der Waals surface area contributed by atoms with Gasteiger partial charge < -0.3 is 14.2 Å². The first-order valence-electron chi connectivity index (χ1n) is 6.78. The Labute approximate surface area is 132 Å². The summed E-state index contributed by atoms with van der Waals surface area (Å²) in [7, 11) is 1.52. The van der Waals surface area contributed by atoms with Gasteiger partial charge in [-0.3, -0.25) is 4.79 Å². The highest BCUT2D eigenvalue weighted by atomic mass is 19.1. The molecule has 23 heavy (non-hydrogen) atoms. The molecule has 0 saturated carbocycles. The molecule has 2 aromatic rings. The summed E-state index contributed by atoms with van der Waals surface area (Å²) < 4.78 is 27.8. The highest BCUT2D eigenvalue weighted by molar-refractivity contribution is 5.77. The number of benzene rings is 2. The molecule has 0 saturated heterocycles. The number of hydrogen-bond donors (Lipinski definition) is 0. The minimum absolute atomic E-state index is 0.0476. The fraction of sp³-hybridized carbons (Fsp3) is 0.176. The molecule has 0 aromatic heterocycles. The van der Waals surface area contributed by atoms with Crippen LogP contribution in [0.2, 0.25) is 0 Å². The topological polar surface area (TPSA) is 61.8 Å². The van der Waals surface area contributed by atoms with E-state index in [1.807, 2.05) is 0 Å². The summed E-state index contributed by atoms with van der Waals surface area (Å²) >= 11 is 0. The average molecular weight is 318 g/mol. The second-order valence-electron chi connectivity index (χ2n) is 4.62. The molecule has 0 fully saturated rings. The van der Waals surface area contributed by atoms with E-state index in [4.69, 9.17) is 14.2 Å². The Morgan fingerprint density at radius 1 is 1.13 bits per heavy atom. The molecule has 0 amide bonds. The van der Waals surface area contributed by atoms with Crippen molar-refractivity contribution < 1.29 is 28.2 Å². The molecule has 2 aromatic carbocycles. The van der Waals surface area contributed by atoms with Crippen LogP contribution in [0.15, 0.2) is 48.5 Å². The molecule has 0 heterocycles. The molecule has 0 bridgehead atoms. The van der Waals surface area contributed by atoms with Crippen LogP contribution >= 0.6 is 0 Å². The first-order chi connectivity index (χ1) is 11.1. The van der Waals surface area contributed by atoms with Gasteiger partial charge in [0.15, 0.2) is 0 Å². The van der Waals surface area contributed by atoms with E-state index in [1.54, 1.807) is 24.3 Å². The summed E-state index contributed by atoms with van der Waals surface area (Å²) in [5, 5.41) is 0. The Balaban J connectivity index is 2.05. The van der Waals surface area contributed by atoms with Gasteiger partial charge in [-0.25, -0.2) is 9.18 Å². The second-order valence-corrected chi connectivity index (χ2v) is 4.62. The Kier molecular flexibility index (Phi) is 5.68. The average Bonchev–Trinajstić information content (AvgIpc) is 2.59. The van der Waals surface area contributed by atoms with E-state index in [-0.39, 0.29) is 18.9 Å². The summed E-state index contributed by atoms with van der Waals surface area (Å²) in [5.74, 6) is -0.481. The van der Waals surface area contributed by atoms with Crippen molar-refractivity contribution in [1.82, 2.24) is 0 Å². The van der Waals surface area contributed by atoms with Crippen LogP contribution in [0.4, 0.5) is 4.39 Å². The molecule has 0 aliphatic rings. The van der Waals surface area contributed by atoms with Crippen molar-refractivity contribution in [3.8, 4) is 5.75 Å². The molecule has 0 aliphatic heterocycles. The van der Waals surface area contributed by atoms with Crippen molar-refractivity contribution in [2.24, 2.45) is 0 Å². The summed E-state index contributed by atoms with van der Waals surface area (Å²) in [6, 6.07) is 12.0. The number of methoxy groups -OCH3 is 1. The van der Waals surface area contributed by atoms with E-state index < -0.39 is 12.1 Å². The normalized spacial score (nSPS) is 11.4. The fourth-order valence-electron chi connectivity index (χ4n) is 1.92. The molecule has 1 unspecified atom stereocenters. The molecule has 6 heteroatoms. The smallest absolute Gasteiger partial charge is 0.352 e. The number of rotatable bonds is 7. The van der Waals surface area contributed by atoms with Crippen molar-refractivity contribution in [2.45, 2.75) is 12.7 Å². The predicted octanol–water partition coefficient (Wildman–Crippen LogP) is 2.79. The third-order valence-electron chi connectivity index (χ3n) is 3.12. The molecule has 0 aliphatic carbocycles. The summed E-state index contributed by atoms with van der Waals surface area (Å²) in [6.07, 6.45) is -1.17. The van der Waals surface area contributed by atoms with Gasteiger partial charge in [-0.2, -0.15) is 0 Å². The third-order valence-corrected chi connectivity index (χ3v) is 3.12. The van der Waals surface area contributed by atoms with Crippen LogP contribution in [0.5, 0.6) is 5.75 Å². The zero-order valence-electron chi connectivity index (χ0n) is 12.4. The lowest BCUT2D eigenvalue weighted by Gasteiger charge is -2.15. The molecular weight excluding hydrogens is 303 g/mol. The number of halogens is 1. The third kappa shape index (κ3) is 4.54. The quantitative estimate of drug-likeness (QED) is 0.580. The van der Waals surface area contributed by atoms with E-state index in [9.17, 15) is 14.0 Å². The van der Waals surface area contributed by atoms with Crippen LogP contribution in [0, 0.1) is 5.82 Å². The Hall–Kier alpha value is -2.89. The second kappa shape index (κ2) is 7.93. The molecule has 0 radical (unpaired) electrons. The van der Waals surface area contributed by atoms with Gasteiger partial charge in [0.1, 0.15) is 18.2 Å². The van der Waals surface area contributed by atoms with Gasteiger partial charge in [-0.15, -0.1) is 0 Å². The van der Waals surface area contributed by atoms with Crippen molar-refractivity contribution in [2.75, 3.05) is 7.11 Å². The molecule has 0 N–H and O–H groups in total. The van der Waals surface area contributed by atoms with Gasteiger partial charge in [0.25, 0.3) is 6.47 Å². The van der Waals surface area contributed by atoms with Crippen LogP contribution in [0.25, 0.3) is 0 Å². The molecule has 2 rings (SSSR count). The monoisotopic (exact) mass is 318 g/mol. The van der Waals surface area contributed by atoms with Gasteiger partial charge in [0.05, 0.1) is 7.11 Å². The van der Waals surface area contributed by atoms with Gasteiger partial charge in [-0.05, 0) is 29.8 Å². The van der Waals surface area contributed by atoms with Gasteiger partial charge in [-0.1, -0.05) is 24.3 Å². The lowest BCUT2D eigenvalue weighted by atomic mass is 10.1. The number of esters is 1. The molecule has 1 atom stereocenters. The summed E-state index contributed by atoms with van der Waals surface area (Å²) in [6.45, 7) is 0.141. The Bertz CT molecular complexity index is 652. The van der Waals surface area contributed by atoms with E-state index >= 15 is 0 Å². The highest BCUT2D eigenvalue weighted by Gasteiger charge is 2.24. The first-order valence-corrected chi connectivity index (χ1v) is 6.78. The van der Waals surface area contributed by atoms with E-state index in [2.05, 4.69) is 0 Å². The predicted molar refractivity (Wildman–Crippen MR) is 79.1 cm³/mol. The minimum atomic E-state index is -1.17. The van der Waals surface area contributed by atoms with Crippen LogP contribution in [-0.4, -0.2) is 19.6 Å². The largest absolute Gasteiger partial charge is 0.497 e. The van der Waals surface area contributed by atoms with Crippen LogP contribution in [0.1, 0.15) is 17.2 Å². The maximum atomic E-state index is 12.8. The molecular formula is C17H15FO5. The lowest BCUT2D eigenvalue weighted by Crippen LogP contribution is -2.18. The van der Waals surface area contributed by atoms with Gasteiger partial charge in [0.2, 0.25) is 6.10 Å². The number of ether oxygens (including phenoxy) is 3. The minimum Gasteiger partial charge on any atom is -0.497 e. The van der Waals surface area contributed by atoms with Crippen molar-refractivity contribution in [3.05, 3.63) is 65.5 Å². The summed E-state index contributed by atoms with van der Waals surface area (Å²) in [4.78, 5) is 22.7.